The molecule has 0 unspecified atom stereocenters. The number of aromatic nitrogens is 1. The number of nitrogens with zero attached hydrogens (tertiary/aromatic N) is 2. The molecule has 1 heterocycles. The quantitative estimate of drug-likeness (QED) is 0.392. The monoisotopic (exact) mass is 521 g/mol. The van der Waals surface area contributed by atoms with Gasteiger partial charge in [0.1, 0.15) is 16.5 Å². The number of hydrogen-bond donors (Lipinski definition) is 2. The predicted octanol–water partition coefficient (Wildman–Crippen LogP) is 2.57. The van der Waals surface area contributed by atoms with Crippen LogP contribution in [0.3, 0.4) is 0 Å². The number of aromatic carboxylic acids is 1. The van der Waals surface area contributed by atoms with Crippen LogP contribution >= 0.6 is 11.3 Å². The summed E-state index contributed by atoms with van der Waals surface area (Å²) < 4.78 is 12.9. The lowest BCUT2D eigenvalue weighted by molar-refractivity contribution is -0.111. The van der Waals surface area contributed by atoms with Crippen molar-refractivity contribution in [3.63, 3.8) is 0 Å². The zero-order valence-corrected chi connectivity index (χ0v) is 21.5. The molecule has 1 aromatic heterocycles. The number of methoxy groups -OCH3 is 1. The highest BCUT2D eigenvalue weighted by Crippen LogP contribution is 2.20. The van der Waals surface area contributed by atoms with Crippen LogP contribution < -0.4 is 24.8 Å². The van der Waals surface area contributed by atoms with Crippen molar-refractivity contribution in [1.82, 2.24) is 4.57 Å². The maximum absolute atomic E-state index is 13.4. The van der Waals surface area contributed by atoms with Gasteiger partial charge in [0.15, 0.2) is 5.57 Å². The molecule has 0 bridgehead atoms. The standard InChI is InChI=1S/C27H27N3O6S/c1-17(2)36-22-8-5-4-7-19(22)15-23-25(32)30(13-6-14-35-3)26(37-23)21(16-28)24(31)29-20-11-9-18(10-12-20)27(33)34/h4-5,7-12,15,17H,6,13-14H2,1-3H3,(H,29,31)(H,33,34)/b23-15+,26-21+. The molecule has 0 atom stereocenters. The average Bonchev–Trinajstić information content (AvgIpc) is 3.15. The van der Waals surface area contributed by atoms with Gasteiger partial charge >= 0.3 is 5.97 Å². The molecule has 37 heavy (non-hydrogen) atoms. The van der Waals surface area contributed by atoms with Crippen LogP contribution in [0.4, 0.5) is 5.69 Å². The molecule has 10 heteroatoms. The Morgan fingerprint density at radius 1 is 1.19 bits per heavy atom. The molecule has 0 aliphatic carbocycles. The van der Waals surface area contributed by atoms with Crippen LogP contribution in [0.1, 0.15) is 36.2 Å². The van der Waals surface area contributed by atoms with E-state index in [1.54, 1.807) is 13.2 Å². The molecule has 0 aliphatic rings. The number of para-hydroxylation sites is 1. The number of thiazole rings is 1. The Hall–Kier alpha value is -4.20. The zero-order chi connectivity index (χ0) is 26.9. The summed E-state index contributed by atoms with van der Waals surface area (Å²) in [7, 11) is 1.55. The fourth-order valence-corrected chi connectivity index (χ4v) is 4.58. The van der Waals surface area contributed by atoms with Crippen LogP contribution in [-0.4, -0.2) is 41.4 Å². The summed E-state index contributed by atoms with van der Waals surface area (Å²) in [6, 6.07) is 14.8. The fourth-order valence-electron chi connectivity index (χ4n) is 3.46. The van der Waals surface area contributed by atoms with Gasteiger partial charge in [-0.15, -0.1) is 11.3 Å². The number of nitriles is 1. The van der Waals surface area contributed by atoms with Crippen molar-refractivity contribution in [3.05, 3.63) is 79.2 Å². The lowest BCUT2D eigenvalue weighted by Gasteiger charge is -2.11. The molecule has 3 rings (SSSR count). The van der Waals surface area contributed by atoms with E-state index in [1.165, 1.54) is 28.8 Å². The average molecular weight is 522 g/mol. The molecular formula is C27H27N3O6S. The number of hydrogen-bond acceptors (Lipinski definition) is 7. The van der Waals surface area contributed by atoms with Gasteiger partial charge < -0.3 is 19.9 Å². The SMILES string of the molecule is COCCCn1c(=O)/c(=C\c2ccccc2OC(C)C)s/c1=C(\C#N)C(=O)Nc1ccc(C(=O)O)cc1. The number of carboxylic acid groups (broad SMARTS) is 1. The summed E-state index contributed by atoms with van der Waals surface area (Å²) in [4.78, 5) is 37.5. The Bertz CT molecular complexity index is 1500. The number of rotatable bonds is 10. The van der Waals surface area contributed by atoms with Crippen molar-refractivity contribution < 1.29 is 24.2 Å². The third-order valence-electron chi connectivity index (χ3n) is 5.15. The summed E-state index contributed by atoms with van der Waals surface area (Å²) in [6.07, 6.45) is 2.13. The van der Waals surface area contributed by atoms with Gasteiger partial charge in [-0.2, -0.15) is 5.26 Å². The smallest absolute Gasteiger partial charge is 0.335 e. The van der Waals surface area contributed by atoms with Crippen LogP contribution in [-0.2, 0) is 16.1 Å². The maximum Gasteiger partial charge on any atom is 0.335 e. The minimum atomic E-state index is -1.09. The van der Waals surface area contributed by atoms with E-state index in [4.69, 9.17) is 14.6 Å². The highest BCUT2D eigenvalue weighted by atomic mass is 32.1. The topological polar surface area (TPSA) is 131 Å². The molecule has 2 aromatic carbocycles. The first-order valence-corrected chi connectivity index (χ1v) is 12.3. The van der Waals surface area contributed by atoms with Crippen LogP contribution in [0.2, 0.25) is 0 Å². The molecule has 0 aliphatic heterocycles. The largest absolute Gasteiger partial charge is 0.490 e. The Morgan fingerprint density at radius 3 is 2.51 bits per heavy atom. The van der Waals surface area contributed by atoms with Gasteiger partial charge in [0, 0.05) is 31.5 Å². The third-order valence-corrected chi connectivity index (χ3v) is 6.28. The molecule has 2 N–H and O–H groups in total. The zero-order valence-electron chi connectivity index (χ0n) is 20.7. The molecule has 0 radical (unpaired) electrons. The van der Waals surface area contributed by atoms with Crippen LogP contribution in [0.25, 0.3) is 11.6 Å². The first-order valence-electron chi connectivity index (χ1n) is 11.5. The number of benzene rings is 2. The second kappa shape index (κ2) is 12.7. The first-order chi connectivity index (χ1) is 17.7. The van der Waals surface area contributed by atoms with Crippen LogP contribution in [0.15, 0.2) is 53.3 Å². The van der Waals surface area contributed by atoms with E-state index in [2.05, 4.69) is 5.32 Å². The molecule has 0 fully saturated rings. The minimum Gasteiger partial charge on any atom is -0.490 e. The van der Waals surface area contributed by atoms with Crippen molar-refractivity contribution in [3.8, 4) is 11.8 Å². The second-order valence-electron chi connectivity index (χ2n) is 8.25. The second-order valence-corrected chi connectivity index (χ2v) is 9.28. The van der Waals surface area contributed by atoms with Crippen LogP contribution in [0, 0.1) is 11.3 Å². The van der Waals surface area contributed by atoms with Crippen molar-refractivity contribution in [2.45, 2.75) is 32.9 Å². The van der Waals surface area contributed by atoms with Crippen molar-refractivity contribution in [2.24, 2.45) is 0 Å². The van der Waals surface area contributed by atoms with E-state index >= 15 is 0 Å². The Kier molecular flexibility index (Phi) is 9.38. The number of ether oxygens (including phenoxy) is 2. The predicted molar refractivity (Wildman–Crippen MR) is 141 cm³/mol. The maximum atomic E-state index is 13.4. The van der Waals surface area contributed by atoms with Gasteiger partial charge in [0.2, 0.25) is 0 Å². The Morgan fingerprint density at radius 2 is 1.89 bits per heavy atom. The Labute approximate surface area is 217 Å². The highest BCUT2D eigenvalue weighted by Gasteiger charge is 2.17. The lowest BCUT2D eigenvalue weighted by atomic mass is 10.2. The van der Waals surface area contributed by atoms with Gasteiger partial charge in [-0.05, 0) is 56.7 Å². The summed E-state index contributed by atoms with van der Waals surface area (Å²) in [5, 5.41) is 21.6. The number of anilines is 1. The summed E-state index contributed by atoms with van der Waals surface area (Å²) >= 11 is 1.04. The van der Waals surface area contributed by atoms with Crippen molar-refractivity contribution in [1.29, 1.82) is 5.26 Å². The highest BCUT2D eigenvalue weighted by molar-refractivity contribution is 7.07. The van der Waals surface area contributed by atoms with E-state index in [0.717, 1.165) is 11.3 Å². The van der Waals surface area contributed by atoms with E-state index < -0.39 is 11.9 Å². The van der Waals surface area contributed by atoms with Gasteiger partial charge in [0.25, 0.3) is 11.5 Å². The van der Waals surface area contributed by atoms with E-state index in [1.807, 2.05) is 44.2 Å². The summed E-state index contributed by atoms with van der Waals surface area (Å²) in [5.74, 6) is -1.18. The van der Waals surface area contributed by atoms with E-state index in [-0.39, 0.29) is 34.0 Å². The molecular weight excluding hydrogens is 494 g/mol. The Balaban J connectivity index is 2.12. The van der Waals surface area contributed by atoms with Gasteiger partial charge in [-0.1, -0.05) is 18.2 Å². The van der Waals surface area contributed by atoms with E-state index in [0.29, 0.717) is 34.6 Å². The van der Waals surface area contributed by atoms with Gasteiger partial charge in [-0.25, -0.2) is 4.79 Å². The van der Waals surface area contributed by atoms with Gasteiger partial charge in [0.05, 0.1) is 16.2 Å². The molecule has 192 valence electrons. The summed E-state index contributed by atoms with van der Waals surface area (Å²) in [6.45, 7) is 4.47. The molecule has 9 nitrogen and oxygen atoms in total. The lowest BCUT2D eigenvalue weighted by Crippen LogP contribution is -2.34. The molecule has 0 saturated carbocycles. The minimum absolute atomic E-state index is 0.0640. The van der Waals surface area contributed by atoms with Crippen LogP contribution in [0.5, 0.6) is 5.75 Å². The molecule has 0 spiro atoms. The number of nitrogens with one attached hydrogen (secondary N) is 1. The number of amides is 1. The molecule has 1 amide bonds. The molecule has 3 aromatic rings. The first kappa shape index (κ1) is 27.4. The number of carbonyl (C=O) groups is 2. The number of carboxylic acids is 1. The van der Waals surface area contributed by atoms with E-state index in [9.17, 15) is 19.6 Å². The molecule has 0 saturated heterocycles. The normalized spacial score (nSPS) is 12.2. The third kappa shape index (κ3) is 6.94. The van der Waals surface area contributed by atoms with Gasteiger partial charge in [-0.3, -0.25) is 14.2 Å². The van der Waals surface area contributed by atoms with Crippen molar-refractivity contribution in [2.75, 3.05) is 19.0 Å². The van der Waals surface area contributed by atoms with Crippen molar-refractivity contribution >= 4 is 40.5 Å². The number of carbonyl (C=O) groups excluding carboxylic acids is 1. The fraction of sp³-hybridized carbons (Fsp3) is 0.259. The summed E-state index contributed by atoms with van der Waals surface area (Å²) in [5.41, 5.74) is 0.524.